The first-order valence-electron chi connectivity index (χ1n) is 6.63. The Balaban J connectivity index is 2.10. The number of hydrogen-bond acceptors (Lipinski definition) is 4. The SMILES string of the molecule is Cc1cnc(C(c2ccc(O)cc2)c2ccc(O)cc2)s1. The molecule has 0 fully saturated rings. The molecule has 106 valence electrons. The first-order valence-corrected chi connectivity index (χ1v) is 7.45. The molecule has 0 saturated carbocycles. The molecule has 1 heterocycles. The maximum Gasteiger partial charge on any atom is 0.115 e. The van der Waals surface area contributed by atoms with Gasteiger partial charge in [0.15, 0.2) is 0 Å². The van der Waals surface area contributed by atoms with E-state index in [1.165, 1.54) is 0 Å². The maximum atomic E-state index is 9.47. The summed E-state index contributed by atoms with van der Waals surface area (Å²) in [4.78, 5) is 5.67. The molecule has 3 nitrogen and oxygen atoms in total. The summed E-state index contributed by atoms with van der Waals surface area (Å²) in [5.74, 6) is 0.502. The van der Waals surface area contributed by atoms with Crippen LogP contribution in [-0.2, 0) is 0 Å². The normalized spacial score (nSPS) is 11.0. The highest BCUT2D eigenvalue weighted by molar-refractivity contribution is 7.11. The van der Waals surface area contributed by atoms with Crippen LogP contribution in [0, 0.1) is 6.92 Å². The van der Waals surface area contributed by atoms with Crippen LogP contribution >= 0.6 is 11.3 Å². The second kappa shape index (κ2) is 5.58. The largest absolute Gasteiger partial charge is 0.508 e. The van der Waals surface area contributed by atoms with Crippen molar-refractivity contribution in [2.75, 3.05) is 0 Å². The minimum atomic E-state index is 0.00454. The van der Waals surface area contributed by atoms with Crippen molar-refractivity contribution in [3.63, 3.8) is 0 Å². The Morgan fingerprint density at radius 1 is 0.857 bits per heavy atom. The second-order valence-corrected chi connectivity index (χ2v) is 6.19. The summed E-state index contributed by atoms with van der Waals surface area (Å²) in [6, 6.07) is 14.4. The topological polar surface area (TPSA) is 53.4 Å². The van der Waals surface area contributed by atoms with E-state index in [0.717, 1.165) is 21.0 Å². The summed E-state index contributed by atoms with van der Waals surface area (Å²) in [6.45, 7) is 2.03. The highest BCUT2D eigenvalue weighted by atomic mass is 32.1. The molecule has 2 aromatic carbocycles. The molecular weight excluding hydrogens is 282 g/mol. The molecule has 1 aromatic heterocycles. The van der Waals surface area contributed by atoms with E-state index in [2.05, 4.69) is 4.98 Å². The van der Waals surface area contributed by atoms with Crippen molar-refractivity contribution in [2.24, 2.45) is 0 Å². The summed E-state index contributed by atoms with van der Waals surface area (Å²) in [6.07, 6.45) is 1.87. The number of phenols is 2. The Kier molecular flexibility index (Phi) is 3.62. The fraction of sp³-hybridized carbons (Fsp3) is 0.118. The summed E-state index contributed by atoms with van der Waals surface area (Å²) in [5.41, 5.74) is 2.13. The lowest BCUT2D eigenvalue weighted by molar-refractivity contribution is 0.475. The first-order chi connectivity index (χ1) is 10.1. The van der Waals surface area contributed by atoms with Crippen LogP contribution in [0.15, 0.2) is 54.7 Å². The summed E-state index contributed by atoms with van der Waals surface area (Å²) >= 11 is 1.66. The second-order valence-electron chi connectivity index (χ2n) is 4.93. The number of phenolic OH excluding ortho intramolecular Hbond substituents is 2. The number of hydrogen-bond donors (Lipinski definition) is 2. The molecule has 0 bridgehead atoms. The quantitative estimate of drug-likeness (QED) is 0.767. The van der Waals surface area contributed by atoms with E-state index >= 15 is 0 Å². The van der Waals surface area contributed by atoms with Crippen molar-refractivity contribution in [1.82, 2.24) is 4.98 Å². The van der Waals surface area contributed by atoms with Crippen molar-refractivity contribution in [3.05, 3.63) is 75.7 Å². The molecular formula is C17H15NO2S. The van der Waals surface area contributed by atoms with E-state index in [-0.39, 0.29) is 17.4 Å². The molecule has 3 aromatic rings. The van der Waals surface area contributed by atoms with Gasteiger partial charge in [0.05, 0.1) is 5.92 Å². The average molecular weight is 297 g/mol. The number of aryl methyl sites for hydroxylation is 1. The van der Waals surface area contributed by atoms with Gasteiger partial charge in [-0.2, -0.15) is 0 Å². The lowest BCUT2D eigenvalue weighted by atomic mass is 9.92. The van der Waals surface area contributed by atoms with Gasteiger partial charge in [-0.15, -0.1) is 11.3 Å². The Hall–Kier alpha value is -2.33. The van der Waals surface area contributed by atoms with Gasteiger partial charge in [-0.25, -0.2) is 4.98 Å². The Morgan fingerprint density at radius 2 is 1.33 bits per heavy atom. The molecule has 0 radical (unpaired) electrons. The molecule has 4 heteroatoms. The molecule has 0 unspecified atom stereocenters. The first kappa shape index (κ1) is 13.6. The number of benzene rings is 2. The van der Waals surface area contributed by atoms with Gasteiger partial charge in [-0.1, -0.05) is 24.3 Å². The predicted octanol–water partition coefficient (Wildman–Crippen LogP) is 4.04. The van der Waals surface area contributed by atoms with Crippen LogP contribution in [-0.4, -0.2) is 15.2 Å². The molecule has 0 amide bonds. The molecule has 0 aliphatic heterocycles. The van der Waals surface area contributed by atoms with Crippen molar-refractivity contribution in [1.29, 1.82) is 0 Å². The lowest BCUT2D eigenvalue weighted by Crippen LogP contribution is -2.02. The number of thiazole rings is 1. The van der Waals surface area contributed by atoms with Crippen LogP contribution in [0.5, 0.6) is 11.5 Å². The maximum absolute atomic E-state index is 9.47. The molecule has 0 aliphatic carbocycles. The Morgan fingerprint density at radius 3 is 1.71 bits per heavy atom. The predicted molar refractivity (Wildman–Crippen MR) is 84.0 cm³/mol. The van der Waals surface area contributed by atoms with E-state index in [0.29, 0.717) is 0 Å². The zero-order chi connectivity index (χ0) is 14.8. The summed E-state index contributed by atoms with van der Waals surface area (Å²) in [7, 11) is 0. The van der Waals surface area contributed by atoms with E-state index in [1.807, 2.05) is 37.4 Å². The fourth-order valence-corrected chi connectivity index (χ4v) is 3.25. The van der Waals surface area contributed by atoms with Gasteiger partial charge < -0.3 is 10.2 Å². The lowest BCUT2D eigenvalue weighted by Gasteiger charge is -2.16. The number of aromatic hydroxyl groups is 2. The van der Waals surface area contributed by atoms with Crippen molar-refractivity contribution in [2.45, 2.75) is 12.8 Å². The molecule has 21 heavy (non-hydrogen) atoms. The molecule has 0 aliphatic rings. The monoisotopic (exact) mass is 297 g/mol. The number of rotatable bonds is 3. The van der Waals surface area contributed by atoms with Gasteiger partial charge in [-0.05, 0) is 42.3 Å². The van der Waals surface area contributed by atoms with Gasteiger partial charge >= 0.3 is 0 Å². The van der Waals surface area contributed by atoms with E-state index in [1.54, 1.807) is 35.6 Å². The molecule has 2 N–H and O–H groups in total. The third kappa shape index (κ3) is 2.90. The van der Waals surface area contributed by atoms with Gasteiger partial charge in [0.25, 0.3) is 0 Å². The Labute approximate surface area is 127 Å². The molecule has 0 atom stereocenters. The standard InChI is InChI=1S/C17H15NO2S/c1-11-10-18-17(21-11)16(12-2-6-14(19)7-3-12)13-4-8-15(20)9-5-13/h2-10,16,19-20H,1H3. The number of nitrogens with zero attached hydrogens (tertiary/aromatic N) is 1. The van der Waals surface area contributed by atoms with Crippen LogP contribution in [0.4, 0.5) is 0 Å². The van der Waals surface area contributed by atoms with Crippen molar-refractivity contribution < 1.29 is 10.2 Å². The van der Waals surface area contributed by atoms with Crippen LogP contribution in [0.2, 0.25) is 0 Å². The highest BCUT2D eigenvalue weighted by Gasteiger charge is 2.19. The number of aromatic nitrogens is 1. The van der Waals surface area contributed by atoms with Gasteiger partial charge in [0, 0.05) is 11.1 Å². The highest BCUT2D eigenvalue weighted by Crippen LogP contribution is 2.35. The molecule has 0 saturated heterocycles. The van der Waals surface area contributed by atoms with Crippen LogP contribution < -0.4 is 0 Å². The summed E-state index contributed by atoms with van der Waals surface area (Å²) < 4.78 is 0. The van der Waals surface area contributed by atoms with E-state index in [9.17, 15) is 10.2 Å². The average Bonchev–Trinajstić information content (AvgIpc) is 2.90. The zero-order valence-electron chi connectivity index (χ0n) is 11.5. The van der Waals surface area contributed by atoms with Crippen LogP contribution in [0.1, 0.15) is 26.9 Å². The van der Waals surface area contributed by atoms with Gasteiger partial charge in [0.2, 0.25) is 0 Å². The minimum absolute atomic E-state index is 0.00454. The summed E-state index contributed by atoms with van der Waals surface area (Å²) in [5, 5.41) is 20.0. The zero-order valence-corrected chi connectivity index (χ0v) is 12.3. The third-order valence-electron chi connectivity index (χ3n) is 3.34. The van der Waals surface area contributed by atoms with Crippen molar-refractivity contribution >= 4 is 11.3 Å². The Bertz CT molecular complexity index is 687. The van der Waals surface area contributed by atoms with E-state index < -0.39 is 0 Å². The van der Waals surface area contributed by atoms with Crippen molar-refractivity contribution in [3.8, 4) is 11.5 Å². The van der Waals surface area contributed by atoms with Gasteiger partial charge in [0.1, 0.15) is 16.5 Å². The third-order valence-corrected chi connectivity index (χ3v) is 4.32. The fourth-order valence-electron chi connectivity index (χ4n) is 2.32. The molecule has 3 rings (SSSR count). The minimum Gasteiger partial charge on any atom is -0.508 e. The molecule has 0 spiro atoms. The van der Waals surface area contributed by atoms with Crippen LogP contribution in [0.3, 0.4) is 0 Å². The van der Waals surface area contributed by atoms with E-state index in [4.69, 9.17) is 0 Å². The van der Waals surface area contributed by atoms with Crippen LogP contribution in [0.25, 0.3) is 0 Å². The van der Waals surface area contributed by atoms with Gasteiger partial charge in [-0.3, -0.25) is 0 Å². The smallest absolute Gasteiger partial charge is 0.115 e.